The molecule has 0 atom stereocenters. The van der Waals surface area contributed by atoms with E-state index in [2.05, 4.69) is 27.2 Å². The smallest absolute Gasteiger partial charge is 0.270 e. The highest BCUT2D eigenvalue weighted by molar-refractivity contribution is 5.86. The first-order valence-corrected chi connectivity index (χ1v) is 9.06. The minimum absolute atomic E-state index is 0.0193. The third-order valence-corrected chi connectivity index (χ3v) is 4.62. The number of nitrogens with zero attached hydrogens (tertiary/aromatic N) is 3. The van der Waals surface area contributed by atoms with E-state index < -0.39 is 5.92 Å². The summed E-state index contributed by atoms with van der Waals surface area (Å²) >= 11 is 0. The lowest BCUT2D eigenvalue weighted by Gasteiger charge is -2.11. The highest BCUT2D eigenvalue weighted by Gasteiger charge is 2.24. The molecule has 2 heterocycles. The number of halogens is 2. The molecular weight excluding hydrogens is 372 g/mol. The number of hydrogen-bond acceptors (Lipinski definition) is 4. The van der Waals surface area contributed by atoms with E-state index in [0.717, 1.165) is 29.0 Å². The molecule has 0 saturated carbocycles. The molecule has 4 nitrogen and oxygen atoms in total. The van der Waals surface area contributed by atoms with Crippen LogP contribution in [-0.2, 0) is 12.3 Å². The molecule has 4 aromatic rings. The van der Waals surface area contributed by atoms with Crippen LogP contribution in [0, 0.1) is 18.8 Å². The Bertz CT molecular complexity index is 1230. The second-order valence-corrected chi connectivity index (χ2v) is 6.89. The Morgan fingerprint density at radius 3 is 2.69 bits per heavy atom. The van der Waals surface area contributed by atoms with Gasteiger partial charge in [-0.15, -0.1) is 5.10 Å². The van der Waals surface area contributed by atoms with Gasteiger partial charge in [0, 0.05) is 30.5 Å². The molecule has 0 bridgehead atoms. The van der Waals surface area contributed by atoms with Crippen molar-refractivity contribution in [3.63, 3.8) is 0 Å². The van der Waals surface area contributed by atoms with E-state index >= 15 is 0 Å². The molecule has 29 heavy (non-hydrogen) atoms. The highest BCUT2D eigenvalue weighted by atomic mass is 19.3. The zero-order valence-corrected chi connectivity index (χ0v) is 15.9. The van der Waals surface area contributed by atoms with Gasteiger partial charge in [0.1, 0.15) is 5.69 Å². The van der Waals surface area contributed by atoms with E-state index in [-0.39, 0.29) is 5.56 Å². The van der Waals surface area contributed by atoms with Crippen LogP contribution < -0.4 is 0 Å². The predicted octanol–water partition coefficient (Wildman–Crippen LogP) is 5.03. The SMILES string of the molecule is Cc1ccc2c(Cc3cccc(C(C)(F)F)c3)noc2c1C#Cc1cccnn1. The van der Waals surface area contributed by atoms with Gasteiger partial charge in [0.2, 0.25) is 0 Å². The van der Waals surface area contributed by atoms with Crippen molar-refractivity contribution < 1.29 is 13.3 Å². The summed E-state index contributed by atoms with van der Waals surface area (Å²) in [5, 5.41) is 12.8. The Hall–Kier alpha value is -3.59. The van der Waals surface area contributed by atoms with Gasteiger partial charge in [0.05, 0.1) is 11.3 Å². The maximum absolute atomic E-state index is 13.6. The van der Waals surface area contributed by atoms with E-state index in [1.807, 2.05) is 19.1 Å². The summed E-state index contributed by atoms with van der Waals surface area (Å²) in [6.45, 7) is 2.83. The quantitative estimate of drug-likeness (QED) is 0.461. The van der Waals surface area contributed by atoms with Crippen molar-refractivity contribution in [2.45, 2.75) is 26.2 Å². The van der Waals surface area contributed by atoms with Crippen LogP contribution in [0.1, 0.15) is 40.6 Å². The molecule has 0 unspecified atom stereocenters. The Labute approximate surface area is 166 Å². The number of rotatable bonds is 3. The van der Waals surface area contributed by atoms with Crippen molar-refractivity contribution in [3.05, 3.63) is 88.4 Å². The monoisotopic (exact) mass is 389 g/mol. The predicted molar refractivity (Wildman–Crippen MR) is 106 cm³/mol. The fourth-order valence-electron chi connectivity index (χ4n) is 3.08. The van der Waals surface area contributed by atoms with E-state index in [0.29, 0.717) is 23.4 Å². The van der Waals surface area contributed by atoms with Gasteiger partial charge in [-0.1, -0.05) is 35.3 Å². The van der Waals surface area contributed by atoms with Gasteiger partial charge in [-0.25, -0.2) is 8.78 Å². The molecule has 0 saturated heterocycles. The molecule has 2 aromatic carbocycles. The molecule has 0 radical (unpaired) electrons. The lowest BCUT2D eigenvalue weighted by molar-refractivity contribution is 0.0174. The number of alkyl halides is 2. The van der Waals surface area contributed by atoms with Crippen molar-refractivity contribution in [2.24, 2.45) is 0 Å². The van der Waals surface area contributed by atoms with Crippen molar-refractivity contribution in [2.75, 3.05) is 0 Å². The van der Waals surface area contributed by atoms with Crippen molar-refractivity contribution in [1.82, 2.24) is 15.4 Å². The number of aromatic nitrogens is 3. The fourth-order valence-corrected chi connectivity index (χ4v) is 3.08. The Balaban J connectivity index is 1.71. The van der Waals surface area contributed by atoms with Crippen LogP contribution in [0.2, 0.25) is 0 Å². The third kappa shape index (κ3) is 3.99. The summed E-state index contributed by atoms with van der Waals surface area (Å²) in [5.74, 6) is 3.19. The molecule has 0 aliphatic rings. The third-order valence-electron chi connectivity index (χ3n) is 4.62. The molecule has 144 valence electrons. The zero-order chi connectivity index (χ0) is 20.4. The second kappa shape index (κ2) is 7.44. The van der Waals surface area contributed by atoms with Gasteiger partial charge in [0.15, 0.2) is 5.58 Å². The van der Waals surface area contributed by atoms with Crippen molar-refractivity contribution in [1.29, 1.82) is 0 Å². The van der Waals surface area contributed by atoms with Crippen LogP contribution >= 0.6 is 0 Å². The van der Waals surface area contributed by atoms with Gasteiger partial charge in [-0.05, 0) is 48.2 Å². The van der Waals surface area contributed by atoms with Gasteiger partial charge in [-0.3, -0.25) is 0 Å². The van der Waals surface area contributed by atoms with E-state index in [1.54, 1.807) is 30.5 Å². The standard InChI is InChI=1S/C23H17F2N3O/c1-15-8-10-20-21(14-16-5-3-6-17(13-16)23(2,24)25)28-29-22(20)19(15)11-9-18-7-4-12-26-27-18/h3-8,10,12-13H,14H2,1-2H3. The normalized spacial score (nSPS) is 11.3. The average molecular weight is 389 g/mol. The molecule has 0 fully saturated rings. The molecule has 0 N–H and O–H groups in total. The lowest BCUT2D eigenvalue weighted by atomic mass is 10.00. The minimum atomic E-state index is -2.89. The summed E-state index contributed by atoms with van der Waals surface area (Å²) in [6, 6.07) is 13.8. The Morgan fingerprint density at radius 2 is 1.93 bits per heavy atom. The first kappa shape index (κ1) is 18.8. The fraction of sp³-hybridized carbons (Fsp3) is 0.174. The van der Waals surface area contributed by atoms with Gasteiger partial charge in [0.25, 0.3) is 5.92 Å². The number of benzene rings is 2. The molecule has 0 amide bonds. The van der Waals surface area contributed by atoms with Gasteiger partial charge < -0.3 is 4.52 Å². The Kier molecular flexibility index (Phi) is 4.81. The van der Waals surface area contributed by atoms with E-state index in [4.69, 9.17) is 4.52 Å². The summed E-state index contributed by atoms with van der Waals surface area (Å²) in [5.41, 5.74) is 4.21. The van der Waals surface area contributed by atoms with Crippen LogP contribution in [0.15, 0.2) is 59.3 Å². The number of hydrogen-bond donors (Lipinski definition) is 0. The molecular formula is C23H17F2N3O. The summed E-state index contributed by atoms with van der Waals surface area (Å²) in [6.07, 6.45) is 1.97. The maximum Gasteiger partial charge on any atom is 0.270 e. The topological polar surface area (TPSA) is 51.8 Å². The molecule has 0 aliphatic carbocycles. The number of fused-ring (bicyclic) bond motifs is 1. The van der Waals surface area contributed by atoms with Crippen molar-refractivity contribution in [3.8, 4) is 11.8 Å². The maximum atomic E-state index is 13.6. The molecule has 0 spiro atoms. The average Bonchev–Trinajstić information content (AvgIpc) is 3.10. The van der Waals surface area contributed by atoms with Crippen LogP contribution in [0.4, 0.5) is 8.78 Å². The molecule has 0 aliphatic heterocycles. The summed E-state index contributed by atoms with van der Waals surface area (Å²) in [7, 11) is 0. The minimum Gasteiger partial charge on any atom is -0.355 e. The van der Waals surface area contributed by atoms with Crippen LogP contribution in [0.25, 0.3) is 11.0 Å². The summed E-state index contributed by atoms with van der Waals surface area (Å²) < 4.78 is 32.8. The van der Waals surface area contributed by atoms with E-state index in [9.17, 15) is 8.78 Å². The van der Waals surface area contributed by atoms with Gasteiger partial charge >= 0.3 is 0 Å². The first-order chi connectivity index (χ1) is 13.9. The lowest BCUT2D eigenvalue weighted by Crippen LogP contribution is -2.07. The second-order valence-electron chi connectivity index (χ2n) is 6.89. The highest BCUT2D eigenvalue weighted by Crippen LogP contribution is 2.29. The van der Waals surface area contributed by atoms with E-state index in [1.165, 1.54) is 12.1 Å². The van der Waals surface area contributed by atoms with Crippen molar-refractivity contribution >= 4 is 11.0 Å². The molecule has 2 aromatic heterocycles. The largest absolute Gasteiger partial charge is 0.355 e. The summed E-state index contributed by atoms with van der Waals surface area (Å²) in [4.78, 5) is 0. The zero-order valence-electron chi connectivity index (χ0n) is 15.9. The van der Waals surface area contributed by atoms with Gasteiger partial charge in [-0.2, -0.15) is 5.10 Å². The molecule has 6 heteroatoms. The molecule has 4 rings (SSSR count). The Morgan fingerprint density at radius 1 is 1.07 bits per heavy atom. The van der Waals surface area contributed by atoms with Crippen LogP contribution in [0.3, 0.4) is 0 Å². The van der Waals surface area contributed by atoms with Crippen LogP contribution in [-0.4, -0.2) is 15.4 Å². The van der Waals surface area contributed by atoms with Crippen LogP contribution in [0.5, 0.6) is 0 Å². The number of aryl methyl sites for hydroxylation is 1. The first-order valence-electron chi connectivity index (χ1n) is 9.06.